The van der Waals surface area contributed by atoms with Crippen LogP contribution in [0.1, 0.15) is 45.3 Å². The molecule has 2 heterocycles. The van der Waals surface area contributed by atoms with Crippen molar-refractivity contribution >= 4 is 22.5 Å². The minimum Gasteiger partial charge on any atom is -0.494 e. The molecule has 4 aromatic rings. The van der Waals surface area contributed by atoms with Gasteiger partial charge in [0.15, 0.2) is 0 Å². The quantitative estimate of drug-likeness (QED) is 0.398. The minimum atomic E-state index is -0.247. The molecule has 6 heteroatoms. The molecular weight excluding hydrogens is 402 g/mol. The Bertz CT molecular complexity index is 1400. The third-order valence-electron chi connectivity index (χ3n) is 6.63. The number of nitrogens with zero attached hydrogens (tertiary/aromatic N) is 2. The highest BCUT2D eigenvalue weighted by molar-refractivity contribution is 6.09. The topological polar surface area (TPSA) is 87.4 Å². The van der Waals surface area contributed by atoms with Crippen molar-refractivity contribution < 1.29 is 15.0 Å². The molecule has 32 heavy (non-hydrogen) atoms. The molecule has 158 valence electrons. The first-order chi connectivity index (χ1) is 15.5. The third kappa shape index (κ3) is 2.59. The summed E-state index contributed by atoms with van der Waals surface area (Å²) in [4.78, 5) is 17.4. The number of fused-ring (bicyclic) bond motifs is 6. The second-order valence-corrected chi connectivity index (χ2v) is 8.48. The molecule has 2 bridgehead atoms. The van der Waals surface area contributed by atoms with Gasteiger partial charge in [0.25, 0.3) is 5.91 Å². The Kier molecular flexibility index (Phi) is 3.92. The van der Waals surface area contributed by atoms with Crippen molar-refractivity contribution in [2.45, 2.75) is 25.2 Å². The zero-order valence-corrected chi connectivity index (χ0v) is 17.4. The Balaban J connectivity index is 1.31. The van der Waals surface area contributed by atoms with E-state index in [1.807, 2.05) is 31.2 Å². The van der Waals surface area contributed by atoms with Crippen LogP contribution < -0.4 is 5.32 Å². The molecule has 1 amide bonds. The molecule has 6 nitrogen and oxygen atoms in total. The summed E-state index contributed by atoms with van der Waals surface area (Å²) in [6.07, 6.45) is 6.80. The van der Waals surface area contributed by atoms with Gasteiger partial charge in [-0.05, 0) is 49.2 Å². The smallest absolute Gasteiger partial charge is 0.255 e. The van der Waals surface area contributed by atoms with E-state index in [-0.39, 0.29) is 29.5 Å². The molecule has 0 saturated heterocycles. The Morgan fingerprint density at radius 1 is 1.00 bits per heavy atom. The highest BCUT2D eigenvalue weighted by Crippen LogP contribution is 2.57. The third-order valence-corrected chi connectivity index (χ3v) is 6.63. The number of aryl methyl sites for hydroxylation is 1. The van der Waals surface area contributed by atoms with E-state index in [2.05, 4.69) is 22.5 Å². The second-order valence-electron chi connectivity index (χ2n) is 8.48. The van der Waals surface area contributed by atoms with Crippen LogP contribution in [0.25, 0.3) is 16.6 Å². The minimum absolute atomic E-state index is 0.0732. The normalized spacial score (nSPS) is 18.3. The van der Waals surface area contributed by atoms with Gasteiger partial charge in [-0.15, -0.1) is 0 Å². The van der Waals surface area contributed by atoms with E-state index in [0.717, 1.165) is 34.0 Å². The van der Waals surface area contributed by atoms with E-state index < -0.39 is 0 Å². The lowest BCUT2D eigenvalue weighted by molar-refractivity contribution is 0.102. The zero-order chi connectivity index (χ0) is 22.0. The van der Waals surface area contributed by atoms with Gasteiger partial charge in [-0.2, -0.15) is 0 Å². The summed E-state index contributed by atoms with van der Waals surface area (Å²) < 4.78 is 1.46. The van der Waals surface area contributed by atoms with Crippen LogP contribution in [-0.4, -0.2) is 25.7 Å². The van der Waals surface area contributed by atoms with Crippen LogP contribution >= 0.6 is 0 Å². The Labute approximate surface area is 184 Å². The van der Waals surface area contributed by atoms with Crippen molar-refractivity contribution in [2.24, 2.45) is 0 Å². The van der Waals surface area contributed by atoms with E-state index in [1.54, 1.807) is 30.5 Å². The Hall–Kier alpha value is -4.06. The fourth-order valence-electron chi connectivity index (χ4n) is 5.04. The molecule has 0 unspecified atom stereocenters. The molecular formula is C26H21N3O3. The fourth-order valence-corrected chi connectivity index (χ4v) is 5.04. The summed E-state index contributed by atoms with van der Waals surface area (Å²) in [6.45, 7) is 1.94. The Morgan fingerprint density at radius 2 is 1.69 bits per heavy atom. The number of amides is 1. The molecule has 6 rings (SSSR count). The monoisotopic (exact) mass is 423 g/mol. The molecule has 0 aliphatic heterocycles. The maximum atomic E-state index is 12.9. The Morgan fingerprint density at radius 3 is 2.38 bits per heavy atom. The molecule has 2 aromatic carbocycles. The first-order valence-corrected chi connectivity index (χ1v) is 10.6. The van der Waals surface area contributed by atoms with Crippen LogP contribution in [0.3, 0.4) is 0 Å². The molecule has 0 radical (unpaired) electrons. The molecule has 2 aliphatic carbocycles. The average Bonchev–Trinajstić information content (AvgIpc) is 3.49. The number of aromatic hydroxyl groups is 2. The van der Waals surface area contributed by atoms with Gasteiger partial charge in [-0.3, -0.25) is 14.3 Å². The average molecular weight is 423 g/mol. The summed E-state index contributed by atoms with van der Waals surface area (Å²) in [5.41, 5.74) is 5.08. The summed E-state index contributed by atoms with van der Waals surface area (Å²) in [5.74, 6) is 0.214. The predicted octanol–water partition coefficient (Wildman–Crippen LogP) is 5.14. The summed E-state index contributed by atoms with van der Waals surface area (Å²) in [6, 6.07) is 14.6. The van der Waals surface area contributed by atoms with E-state index in [1.165, 1.54) is 4.57 Å². The maximum Gasteiger partial charge on any atom is 0.255 e. The fraction of sp³-hybridized carbons (Fsp3) is 0.154. The van der Waals surface area contributed by atoms with Crippen LogP contribution in [0, 0.1) is 6.92 Å². The van der Waals surface area contributed by atoms with Crippen LogP contribution in [0.5, 0.6) is 11.8 Å². The first kappa shape index (κ1) is 18.7. The van der Waals surface area contributed by atoms with Gasteiger partial charge in [0.05, 0.1) is 16.9 Å². The number of benzene rings is 2. The van der Waals surface area contributed by atoms with Crippen molar-refractivity contribution in [3.63, 3.8) is 0 Å². The van der Waals surface area contributed by atoms with E-state index in [4.69, 9.17) is 0 Å². The van der Waals surface area contributed by atoms with Gasteiger partial charge in [0.2, 0.25) is 11.8 Å². The number of hydrogen-bond acceptors (Lipinski definition) is 4. The van der Waals surface area contributed by atoms with Gasteiger partial charge in [-0.1, -0.05) is 30.4 Å². The van der Waals surface area contributed by atoms with Crippen LogP contribution in [0.4, 0.5) is 5.69 Å². The van der Waals surface area contributed by atoms with Crippen molar-refractivity contribution in [3.05, 3.63) is 89.1 Å². The van der Waals surface area contributed by atoms with E-state index in [9.17, 15) is 15.0 Å². The van der Waals surface area contributed by atoms with E-state index in [0.29, 0.717) is 16.9 Å². The molecule has 2 aromatic heterocycles. The standard InChI is InChI=1S/C26H21N3O3/c1-14-4-5-15-3-2-12-27-23(15)22(14)28-24(30)16-8-10-19(11-9-16)29-25(31)20-17-6-7-18(13-17)21(20)26(29)32/h2-12,17-18,31-32H,13H2,1H3,(H,28,30)/t17-,18+. The van der Waals surface area contributed by atoms with Crippen molar-refractivity contribution in [3.8, 4) is 17.4 Å². The van der Waals surface area contributed by atoms with E-state index >= 15 is 0 Å². The van der Waals surface area contributed by atoms with Crippen molar-refractivity contribution in [1.82, 2.24) is 9.55 Å². The highest BCUT2D eigenvalue weighted by atomic mass is 16.3. The van der Waals surface area contributed by atoms with Gasteiger partial charge < -0.3 is 15.5 Å². The highest BCUT2D eigenvalue weighted by Gasteiger charge is 2.41. The van der Waals surface area contributed by atoms with Gasteiger partial charge >= 0.3 is 0 Å². The largest absolute Gasteiger partial charge is 0.494 e. The van der Waals surface area contributed by atoms with Crippen molar-refractivity contribution in [1.29, 1.82) is 0 Å². The van der Waals surface area contributed by atoms with Crippen LogP contribution in [-0.2, 0) is 0 Å². The molecule has 3 N–H and O–H groups in total. The number of carbonyl (C=O) groups is 1. The molecule has 0 saturated carbocycles. The van der Waals surface area contributed by atoms with Gasteiger partial charge in [-0.25, -0.2) is 0 Å². The van der Waals surface area contributed by atoms with Gasteiger partial charge in [0, 0.05) is 40.1 Å². The molecule has 0 spiro atoms. The van der Waals surface area contributed by atoms with Crippen LogP contribution in [0.15, 0.2) is 66.9 Å². The lowest BCUT2D eigenvalue weighted by atomic mass is 10.0. The second kappa shape index (κ2) is 6.72. The SMILES string of the molecule is Cc1ccc2cccnc2c1NC(=O)c1ccc(-n2c(O)c3c(c2O)[C@H]2C=C[C@@H]3C2)cc1. The molecule has 2 aliphatic rings. The number of anilines is 1. The molecule has 2 atom stereocenters. The number of rotatable bonds is 3. The number of nitrogens with one attached hydrogen (secondary N) is 1. The lowest BCUT2D eigenvalue weighted by Gasteiger charge is -2.13. The number of pyridine rings is 1. The van der Waals surface area contributed by atoms with Crippen LogP contribution in [0.2, 0.25) is 0 Å². The number of carbonyl (C=O) groups excluding carboxylic acids is 1. The number of allylic oxidation sites excluding steroid dienone is 2. The summed E-state index contributed by atoms with van der Waals surface area (Å²) in [5, 5.41) is 25.5. The maximum absolute atomic E-state index is 12.9. The number of hydrogen-bond donors (Lipinski definition) is 3. The lowest BCUT2D eigenvalue weighted by Crippen LogP contribution is -2.13. The summed E-state index contributed by atoms with van der Waals surface area (Å²) >= 11 is 0. The first-order valence-electron chi connectivity index (χ1n) is 10.6. The van der Waals surface area contributed by atoms with Gasteiger partial charge in [0.1, 0.15) is 0 Å². The molecule has 0 fully saturated rings. The zero-order valence-electron chi connectivity index (χ0n) is 17.4. The number of aromatic nitrogens is 2. The van der Waals surface area contributed by atoms with Crippen molar-refractivity contribution in [2.75, 3.05) is 5.32 Å². The predicted molar refractivity (Wildman–Crippen MR) is 123 cm³/mol. The summed E-state index contributed by atoms with van der Waals surface area (Å²) in [7, 11) is 0.